The van der Waals surface area contributed by atoms with Gasteiger partial charge in [0.05, 0.1) is 6.10 Å². The summed E-state index contributed by atoms with van der Waals surface area (Å²) in [7, 11) is 0. The average molecular weight is 180 g/mol. The summed E-state index contributed by atoms with van der Waals surface area (Å²) in [5, 5.41) is 12.7. The molecule has 0 aliphatic heterocycles. The van der Waals surface area contributed by atoms with Gasteiger partial charge in [-0.05, 0) is 19.5 Å². The standard InChI is InChI=1S/C10H16N2O/c1-3-11-7-10(13)9-5-4-8(2)12-6-9/h4-6,10-11,13H,3,7H2,1-2H3. The molecule has 0 saturated heterocycles. The minimum absolute atomic E-state index is 0.451. The maximum Gasteiger partial charge on any atom is 0.0929 e. The van der Waals surface area contributed by atoms with Crippen LogP contribution >= 0.6 is 0 Å². The Bertz CT molecular complexity index is 246. The highest BCUT2D eigenvalue weighted by Gasteiger charge is 2.05. The van der Waals surface area contributed by atoms with Crippen molar-refractivity contribution in [3.05, 3.63) is 29.6 Å². The van der Waals surface area contributed by atoms with Gasteiger partial charge in [-0.15, -0.1) is 0 Å². The lowest BCUT2D eigenvalue weighted by Gasteiger charge is -2.10. The van der Waals surface area contributed by atoms with Crippen molar-refractivity contribution < 1.29 is 5.11 Å². The summed E-state index contributed by atoms with van der Waals surface area (Å²) in [6.45, 7) is 5.40. The van der Waals surface area contributed by atoms with Gasteiger partial charge in [-0.25, -0.2) is 0 Å². The van der Waals surface area contributed by atoms with E-state index in [1.54, 1.807) is 6.20 Å². The molecule has 1 rings (SSSR count). The summed E-state index contributed by atoms with van der Waals surface area (Å²) in [5.41, 5.74) is 1.84. The molecule has 0 fully saturated rings. The first kappa shape index (κ1) is 10.2. The van der Waals surface area contributed by atoms with E-state index in [0.29, 0.717) is 6.54 Å². The van der Waals surface area contributed by atoms with Crippen molar-refractivity contribution in [1.29, 1.82) is 0 Å². The van der Waals surface area contributed by atoms with Gasteiger partial charge in [0.1, 0.15) is 0 Å². The molecule has 1 heterocycles. The number of nitrogens with one attached hydrogen (secondary N) is 1. The van der Waals surface area contributed by atoms with E-state index in [0.717, 1.165) is 17.8 Å². The van der Waals surface area contributed by atoms with Crippen LogP contribution in [-0.2, 0) is 0 Å². The Hall–Kier alpha value is -0.930. The maximum atomic E-state index is 9.64. The molecule has 0 aromatic carbocycles. The van der Waals surface area contributed by atoms with Crippen LogP contribution in [0.2, 0.25) is 0 Å². The van der Waals surface area contributed by atoms with Crippen molar-refractivity contribution in [3.63, 3.8) is 0 Å². The third kappa shape index (κ3) is 3.13. The van der Waals surface area contributed by atoms with E-state index in [4.69, 9.17) is 0 Å². The van der Waals surface area contributed by atoms with Gasteiger partial charge in [0.15, 0.2) is 0 Å². The van der Waals surface area contributed by atoms with Gasteiger partial charge in [-0.2, -0.15) is 0 Å². The number of nitrogens with zero attached hydrogens (tertiary/aromatic N) is 1. The van der Waals surface area contributed by atoms with Gasteiger partial charge < -0.3 is 10.4 Å². The Morgan fingerprint density at radius 1 is 1.54 bits per heavy atom. The Morgan fingerprint density at radius 2 is 2.31 bits per heavy atom. The maximum absolute atomic E-state index is 9.64. The molecule has 3 heteroatoms. The van der Waals surface area contributed by atoms with E-state index < -0.39 is 6.10 Å². The Labute approximate surface area is 78.8 Å². The second-order valence-electron chi connectivity index (χ2n) is 3.06. The molecule has 1 atom stereocenters. The Balaban J connectivity index is 2.55. The van der Waals surface area contributed by atoms with Crippen LogP contribution in [0.15, 0.2) is 18.3 Å². The minimum Gasteiger partial charge on any atom is -0.387 e. The van der Waals surface area contributed by atoms with Crippen LogP contribution in [0.4, 0.5) is 0 Å². The van der Waals surface area contributed by atoms with E-state index >= 15 is 0 Å². The largest absolute Gasteiger partial charge is 0.387 e. The van der Waals surface area contributed by atoms with E-state index in [9.17, 15) is 5.11 Å². The smallest absolute Gasteiger partial charge is 0.0929 e. The third-order valence-corrected chi connectivity index (χ3v) is 1.91. The number of hydrogen-bond donors (Lipinski definition) is 2. The number of aliphatic hydroxyl groups excluding tert-OH is 1. The van der Waals surface area contributed by atoms with Crippen molar-refractivity contribution in [1.82, 2.24) is 10.3 Å². The summed E-state index contributed by atoms with van der Waals surface area (Å²) in [4.78, 5) is 4.12. The van der Waals surface area contributed by atoms with E-state index in [-0.39, 0.29) is 0 Å². The lowest BCUT2D eigenvalue weighted by Crippen LogP contribution is -2.20. The fraction of sp³-hybridized carbons (Fsp3) is 0.500. The third-order valence-electron chi connectivity index (χ3n) is 1.91. The Morgan fingerprint density at radius 3 is 2.85 bits per heavy atom. The number of hydrogen-bond acceptors (Lipinski definition) is 3. The molecule has 0 aliphatic carbocycles. The van der Waals surface area contributed by atoms with Gasteiger partial charge in [-0.1, -0.05) is 13.0 Å². The number of pyridine rings is 1. The molecule has 1 aromatic heterocycles. The molecule has 0 bridgehead atoms. The van der Waals surface area contributed by atoms with E-state index in [1.807, 2.05) is 26.0 Å². The molecular weight excluding hydrogens is 164 g/mol. The van der Waals surface area contributed by atoms with Gasteiger partial charge in [0, 0.05) is 24.0 Å². The molecule has 0 saturated carbocycles. The zero-order chi connectivity index (χ0) is 9.68. The molecule has 0 amide bonds. The predicted octanol–water partition coefficient (Wildman–Crippen LogP) is 1.03. The van der Waals surface area contributed by atoms with Gasteiger partial charge in [0.2, 0.25) is 0 Å². The molecule has 1 unspecified atom stereocenters. The fourth-order valence-corrected chi connectivity index (χ4v) is 1.08. The first-order valence-corrected chi connectivity index (χ1v) is 4.55. The SMILES string of the molecule is CCNCC(O)c1ccc(C)nc1. The van der Waals surface area contributed by atoms with E-state index in [1.165, 1.54) is 0 Å². The highest BCUT2D eigenvalue weighted by atomic mass is 16.3. The second-order valence-corrected chi connectivity index (χ2v) is 3.06. The minimum atomic E-state index is -0.451. The topological polar surface area (TPSA) is 45.1 Å². The van der Waals surface area contributed by atoms with Gasteiger partial charge >= 0.3 is 0 Å². The van der Waals surface area contributed by atoms with Crippen molar-refractivity contribution in [2.45, 2.75) is 20.0 Å². The molecule has 2 N–H and O–H groups in total. The fourth-order valence-electron chi connectivity index (χ4n) is 1.08. The molecule has 72 valence electrons. The van der Waals surface area contributed by atoms with Crippen LogP contribution in [-0.4, -0.2) is 23.2 Å². The molecule has 0 aliphatic rings. The number of aromatic nitrogens is 1. The number of rotatable bonds is 4. The monoisotopic (exact) mass is 180 g/mol. The first-order valence-electron chi connectivity index (χ1n) is 4.55. The van der Waals surface area contributed by atoms with Gasteiger partial charge in [0.25, 0.3) is 0 Å². The molecular formula is C10H16N2O. The zero-order valence-electron chi connectivity index (χ0n) is 8.12. The van der Waals surface area contributed by atoms with Crippen LogP contribution in [0.25, 0.3) is 0 Å². The summed E-state index contributed by atoms with van der Waals surface area (Å²) < 4.78 is 0. The molecule has 1 aromatic rings. The number of aryl methyl sites for hydroxylation is 1. The molecule has 0 radical (unpaired) electrons. The lowest BCUT2D eigenvalue weighted by atomic mass is 10.1. The normalized spacial score (nSPS) is 12.8. The quantitative estimate of drug-likeness (QED) is 0.727. The van der Waals surface area contributed by atoms with Crippen LogP contribution in [0.1, 0.15) is 24.3 Å². The lowest BCUT2D eigenvalue weighted by molar-refractivity contribution is 0.175. The Kier molecular flexibility index (Phi) is 3.86. The summed E-state index contributed by atoms with van der Waals surface area (Å²) in [6, 6.07) is 3.81. The van der Waals surface area contributed by atoms with Crippen molar-refractivity contribution >= 4 is 0 Å². The van der Waals surface area contributed by atoms with Gasteiger partial charge in [-0.3, -0.25) is 4.98 Å². The number of likely N-dealkylation sites (N-methyl/N-ethyl adjacent to an activating group) is 1. The number of aliphatic hydroxyl groups is 1. The van der Waals surface area contributed by atoms with Crippen LogP contribution in [0, 0.1) is 6.92 Å². The van der Waals surface area contributed by atoms with Crippen molar-refractivity contribution in [3.8, 4) is 0 Å². The second kappa shape index (κ2) is 4.94. The average Bonchev–Trinajstić information content (AvgIpc) is 2.15. The highest BCUT2D eigenvalue weighted by Crippen LogP contribution is 2.10. The first-order chi connectivity index (χ1) is 6.24. The van der Waals surface area contributed by atoms with E-state index in [2.05, 4.69) is 10.3 Å². The predicted molar refractivity (Wildman–Crippen MR) is 52.5 cm³/mol. The summed E-state index contributed by atoms with van der Waals surface area (Å²) in [6.07, 6.45) is 1.27. The molecule has 0 spiro atoms. The summed E-state index contributed by atoms with van der Waals surface area (Å²) in [5.74, 6) is 0. The van der Waals surface area contributed by atoms with Crippen LogP contribution < -0.4 is 5.32 Å². The van der Waals surface area contributed by atoms with Crippen LogP contribution in [0.3, 0.4) is 0 Å². The summed E-state index contributed by atoms with van der Waals surface area (Å²) >= 11 is 0. The zero-order valence-corrected chi connectivity index (χ0v) is 8.12. The van der Waals surface area contributed by atoms with Crippen LogP contribution in [0.5, 0.6) is 0 Å². The van der Waals surface area contributed by atoms with Crippen molar-refractivity contribution in [2.75, 3.05) is 13.1 Å². The van der Waals surface area contributed by atoms with Crippen molar-refractivity contribution in [2.24, 2.45) is 0 Å². The molecule has 13 heavy (non-hydrogen) atoms. The molecule has 3 nitrogen and oxygen atoms in total. The highest BCUT2D eigenvalue weighted by molar-refractivity contribution is 5.15.